The van der Waals surface area contributed by atoms with Gasteiger partial charge in [0.2, 0.25) is 5.82 Å². The number of carboxylic acids is 1. The number of rotatable bonds is 2. The van der Waals surface area contributed by atoms with Crippen molar-refractivity contribution < 1.29 is 14.7 Å². The van der Waals surface area contributed by atoms with Crippen LogP contribution in [0.15, 0.2) is 6.07 Å². The number of piperidine rings is 1. The molecule has 1 unspecified atom stereocenters. The molecular formula is C14H17N5O3. The lowest BCUT2D eigenvalue weighted by Crippen LogP contribution is -2.42. The van der Waals surface area contributed by atoms with Crippen molar-refractivity contribution in [1.82, 2.24) is 24.5 Å². The van der Waals surface area contributed by atoms with Crippen LogP contribution in [0.2, 0.25) is 0 Å². The van der Waals surface area contributed by atoms with Gasteiger partial charge in [0.05, 0.1) is 5.92 Å². The number of aromatic nitrogens is 4. The Kier molecular flexibility index (Phi) is 3.51. The number of carbonyl (C=O) groups is 2. The fourth-order valence-corrected chi connectivity index (χ4v) is 2.76. The van der Waals surface area contributed by atoms with Gasteiger partial charge in [0, 0.05) is 24.5 Å². The second kappa shape index (κ2) is 5.36. The third-order valence-corrected chi connectivity index (χ3v) is 3.87. The van der Waals surface area contributed by atoms with Crippen LogP contribution in [0.5, 0.6) is 0 Å². The number of likely N-dealkylation sites (tertiary alicyclic amines) is 1. The van der Waals surface area contributed by atoms with Gasteiger partial charge in [-0.1, -0.05) is 0 Å². The first-order valence-electron chi connectivity index (χ1n) is 7.19. The van der Waals surface area contributed by atoms with Crippen LogP contribution in [0.4, 0.5) is 0 Å². The van der Waals surface area contributed by atoms with Crippen LogP contribution in [-0.4, -0.2) is 54.6 Å². The topological polar surface area (TPSA) is 101 Å². The molecule has 22 heavy (non-hydrogen) atoms. The summed E-state index contributed by atoms with van der Waals surface area (Å²) in [5, 5.41) is 13.3. The molecule has 2 aromatic rings. The first-order valence-corrected chi connectivity index (χ1v) is 7.19. The molecular weight excluding hydrogens is 286 g/mol. The zero-order valence-corrected chi connectivity index (χ0v) is 12.5. The first kappa shape index (κ1) is 14.4. The minimum Gasteiger partial charge on any atom is -0.481 e. The molecule has 0 radical (unpaired) electrons. The van der Waals surface area contributed by atoms with E-state index in [1.165, 1.54) is 9.42 Å². The molecule has 3 heterocycles. The molecule has 2 aromatic heterocycles. The molecule has 8 heteroatoms. The highest BCUT2D eigenvalue weighted by Gasteiger charge is 2.30. The summed E-state index contributed by atoms with van der Waals surface area (Å²) in [6.07, 6.45) is 1.27. The smallest absolute Gasteiger partial charge is 0.308 e. The second-order valence-electron chi connectivity index (χ2n) is 5.61. The number of aryl methyl sites for hydroxylation is 2. The average molecular weight is 303 g/mol. The Labute approximate surface area is 126 Å². The lowest BCUT2D eigenvalue weighted by atomic mass is 9.98. The van der Waals surface area contributed by atoms with Crippen LogP contribution in [0.25, 0.3) is 5.78 Å². The van der Waals surface area contributed by atoms with Gasteiger partial charge >= 0.3 is 5.97 Å². The van der Waals surface area contributed by atoms with Crippen molar-refractivity contribution in [2.24, 2.45) is 5.92 Å². The van der Waals surface area contributed by atoms with E-state index in [-0.39, 0.29) is 18.3 Å². The Hall–Kier alpha value is -2.51. The Bertz CT molecular complexity index is 754. The number of fused-ring (bicyclic) bond motifs is 1. The van der Waals surface area contributed by atoms with Gasteiger partial charge in [0.15, 0.2) is 0 Å². The standard InChI is InChI=1S/C14H17N5O3/c1-8-6-9(2)19-14(15-8)16-11(17-19)12(20)18-5-3-4-10(7-18)13(21)22/h6,10H,3-5,7H2,1-2H3,(H,21,22). The molecule has 1 atom stereocenters. The summed E-state index contributed by atoms with van der Waals surface area (Å²) in [5.74, 6) is -1.28. The van der Waals surface area contributed by atoms with Gasteiger partial charge in [-0.3, -0.25) is 9.59 Å². The molecule has 8 nitrogen and oxygen atoms in total. The van der Waals surface area contributed by atoms with E-state index in [0.29, 0.717) is 25.2 Å². The summed E-state index contributed by atoms with van der Waals surface area (Å²) < 4.78 is 1.53. The van der Waals surface area contributed by atoms with Crippen molar-refractivity contribution in [1.29, 1.82) is 0 Å². The van der Waals surface area contributed by atoms with Gasteiger partial charge < -0.3 is 10.0 Å². The molecule has 0 aliphatic carbocycles. The maximum absolute atomic E-state index is 12.5. The summed E-state index contributed by atoms with van der Waals surface area (Å²) in [6, 6.07) is 1.86. The molecule has 116 valence electrons. The fourth-order valence-electron chi connectivity index (χ4n) is 2.76. The van der Waals surface area contributed by atoms with E-state index in [4.69, 9.17) is 5.11 Å². The maximum atomic E-state index is 12.5. The number of amides is 1. The number of carboxylic acid groups (broad SMARTS) is 1. The molecule has 0 bridgehead atoms. The molecule has 1 fully saturated rings. The van der Waals surface area contributed by atoms with Crippen molar-refractivity contribution in [2.75, 3.05) is 13.1 Å². The summed E-state index contributed by atoms with van der Waals surface area (Å²) >= 11 is 0. The summed E-state index contributed by atoms with van der Waals surface area (Å²) in [6.45, 7) is 4.45. The van der Waals surface area contributed by atoms with Gasteiger partial charge in [-0.15, -0.1) is 5.10 Å². The highest BCUT2D eigenvalue weighted by molar-refractivity contribution is 5.91. The third-order valence-electron chi connectivity index (χ3n) is 3.87. The highest BCUT2D eigenvalue weighted by Crippen LogP contribution is 2.18. The van der Waals surface area contributed by atoms with Crippen molar-refractivity contribution in [3.05, 3.63) is 23.3 Å². The Morgan fingerprint density at radius 2 is 2.09 bits per heavy atom. The number of hydrogen-bond donors (Lipinski definition) is 1. The van der Waals surface area contributed by atoms with Crippen LogP contribution in [0, 0.1) is 19.8 Å². The monoisotopic (exact) mass is 303 g/mol. The van der Waals surface area contributed by atoms with E-state index >= 15 is 0 Å². The lowest BCUT2D eigenvalue weighted by Gasteiger charge is -2.29. The number of nitrogens with zero attached hydrogens (tertiary/aromatic N) is 5. The largest absolute Gasteiger partial charge is 0.481 e. The summed E-state index contributed by atoms with van der Waals surface area (Å²) in [7, 11) is 0. The number of carbonyl (C=O) groups excluding carboxylic acids is 1. The molecule has 0 aromatic carbocycles. The minimum atomic E-state index is -0.867. The van der Waals surface area contributed by atoms with Gasteiger partial charge in [-0.05, 0) is 32.8 Å². The zero-order valence-electron chi connectivity index (χ0n) is 12.5. The molecule has 1 saturated heterocycles. The van der Waals surface area contributed by atoms with Crippen LogP contribution in [0.1, 0.15) is 34.8 Å². The predicted molar refractivity (Wildman–Crippen MR) is 76.5 cm³/mol. The van der Waals surface area contributed by atoms with E-state index in [9.17, 15) is 9.59 Å². The molecule has 0 spiro atoms. The minimum absolute atomic E-state index is 0.0623. The molecule has 3 rings (SSSR count). The van der Waals surface area contributed by atoms with E-state index in [0.717, 1.165) is 11.4 Å². The zero-order chi connectivity index (χ0) is 15.9. The van der Waals surface area contributed by atoms with Gasteiger partial charge in [0.1, 0.15) is 0 Å². The van der Waals surface area contributed by atoms with Crippen LogP contribution in [0.3, 0.4) is 0 Å². The van der Waals surface area contributed by atoms with E-state index in [1.54, 1.807) is 0 Å². The van der Waals surface area contributed by atoms with E-state index in [1.807, 2.05) is 19.9 Å². The highest BCUT2D eigenvalue weighted by atomic mass is 16.4. The average Bonchev–Trinajstić information content (AvgIpc) is 2.90. The Morgan fingerprint density at radius 1 is 1.32 bits per heavy atom. The Morgan fingerprint density at radius 3 is 2.82 bits per heavy atom. The van der Waals surface area contributed by atoms with Crippen LogP contribution in [-0.2, 0) is 4.79 Å². The third kappa shape index (κ3) is 2.51. The predicted octanol–water partition coefficient (Wildman–Crippen LogP) is 0.678. The maximum Gasteiger partial charge on any atom is 0.308 e. The summed E-state index contributed by atoms with van der Waals surface area (Å²) in [4.78, 5) is 33.5. The lowest BCUT2D eigenvalue weighted by molar-refractivity contribution is -0.143. The van der Waals surface area contributed by atoms with Crippen molar-refractivity contribution in [2.45, 2.75) is 26.7 Å². The van der Waals surface area contributed by atoms with E-state index < -0.39 is 11.9 Å². The van der Waals surface area contributed by atoms with Crippen LogP contribution < -0.4 is 0 Å². The van der Waals surface area contributed by atoms with Gasteiger partial charge in [0.25, 0.3) is 11.7 Å². The molecule has 1 N–H and O–H groups in total. The van der Waals surface area contributed by atoms with Gasteiger partial charge in [-0.25, -0.2) is 9.50 Å². The van der Waals surface area contributed by atoms with Crippen molar-refractivity contribution >= 4 is 17.7 Å². The molecule has 1 amide bonds. The number of hydrogen-bond acceptors (Lipinski definition) is 5. The summed E-state index contributed by atoms with van der Waals surface area (Å²) in [5.41, 5.74) is 1.65. The van der Waals surface area contributed by atoms with Crippen molar-refractivity contribution in [3.63, 3.8) is 0 Å². The normalized spacial score (nSPS) is 18.6. The molecule has 1 aliphatic rings. The number of aliphatic carboxylic acids is 1. The first-order chi connectivity index (χ1) is 10.5. The quantitative estimate of drug-likeness (QED) is 0.875. The molecule has 1 aliphatic heterocycles. The van der Waals surface area contributed by atoms with E-state index in [2.05, 4.69) is 15.1 Å². The Balaban J connectivity index is 1.89. The fraction of sp³-hybridized carbons (Fsp3) is 0.500. The van der Waals surface area contributed by atoms with Crippen molar-refractivity contribution in [3.8, 4) is 0 Å². The van der Waals surface area contributed by atoms with Gasteiger partial charge in [-0.2, -0.15) is 4.98 Å². The van der Waals surface area contributed by atoms with Crippen LogP contribution >= 0.6 is 0 Å². The molecule has 0 saturated carbocycles. The SMILES string of the molecule is Cc1cc(C)n2nc(C(=O)N3CCCC(C(=O)O)C3)nc2n1. The second-order valence-corrected chi connectivity index (χ2v) is 5.61.